The number of hydrogen-bond acceptors (Lipinski definition) is 3. The van der Waals surface area contributed by atoms with Crippen LogP contribution in [-0.2, 0) is 11.3 Å². The van der Waals surface area contributed by atoms with Gasteiger partial charge in [-0.3, -0.25) is 4.79 Å². The zero-order valence-electron chi connectivity index (χ0n) is 6.47. The zero-order valence-corrected chi connectivity index (χ0v) is 6.47. The third kappa shape index (κ3) is 0.975. The summed E-state index contributed by atoms with van der Waals surface area (Å²) >= 11 is 0. The minimum atomic E-state index is -0.802. The summed E-state index contributed by atoms with van der Waals surface area (Å²) in [4.78, 5) is 10.7. The van der Waals surface area contributed by atoms with Crippen molar-refractivity contribution in [2.45, 2.75) is 25.3 Å². The zero-order chi connectivity index (χ0) is 8.55. The largest absolute Gasteiger partial charge is 0.481 e. The van der Waals surface area contributed by atoms with Gasteiger partial charge in [-0.05, 0) is 12.8 Å². The molecule has 2 rings (SSSR count). The number of aryl methyl sites for hydroxylation is 1. The summed E-state index contributed by atoms with van der Waals surface area (Å²) in [6.45, 7) is 0.839. The summed E-state index contributed by atoms with van der Waals surface area (Å²) in [7, 11) is 0. The van der Waals surface area contributed by atoms with E-state index < -0.39 is 11.9 Å². The highest BCUT2D eigenvalue weighted by Gasteiger charge is 2.27. The van der Waals surface area contributed by atoms with E-state index in [-0.39, 0.29) is 0 Å². The van der Waals surface area contributed by atoms with Gasteiger partial charge in [-0.15, -0.1) is 10.2 Å². The highest BCUT2D eigenvalue weighted by Crippen LogP contribution is 2.24. The van der Waals surface area contributed by atoms with Gasteiger partial charge in [-0.2, -0.15) is 0 Å². The van der Waals surface area contributed by atoms with Crippen LogP contribution in [-0.4, -0.2) is 25.8 Å². The number of carbonyl (C=O) groups is 1. The molecule has 0 aliphatic carbocycles. The monoisotopic (exact) mass is 167 g/mol. The summed E-state index contributed by atoms with van der Waals surface area (Å²) in [6, 6.07) is 0. The maximum Gasteiger partial charge on any atom is 0.314 e. The van der Waals surface area contributed by atoms with Crippen molar-refractivity contribution in [3.63, 3.8) is 0 Å². The maximum atomic E-state index is 10.7. The van der Waals surface area contributed by atoms with Gasteiger partial charge in [0.2, 0.25) is 0 Å². The van der Waals surface area contributed by atoms with Crippen LogP contribution in [0, 0.1) is 0 Å². The minimum Gasteiger partial charge on any atom is -0.481 e. The first-order valence-corrected chi connectivity index (χ1v) is 3.89. The Morgan fingerprint density at radius 1 is 1.75 bits per heavy atom. The molecule has 1 N–H and O–H groups in total. The SMILES string of the molecule is O=C(O)[C@H]1CCCn2cnnc21. The van der Waals surface area contributed by atoms with E-state index in [1.54, 1.807) is 6.33 Å². The van der Waals surface area contributed by atoms with Crippen LogP contribution in [0.5, 0.6) is 0 Å². The minimum absolute atomic E-state index is 0.457. The lowest BCUT2D eigenvalue weighted by molar-refractivity contribution is -0.139. The van der Waals surface area contributed by atoms with Crippen molar-refractivity contribution in [3.05, 3.63) is 12.2 Å². The smallest absolute Gasteiger partial charge is 0.314 e. The fraction of sp³-hybridized carbons (Fsp3) is 0.571. The molecule has 0 fully saturated rings. The molecule has 1 atom stereocenters. The van der Waals surface area contributed by atoms with Gasteiger partial charge >= 0.3 is 5.97 Å². The van der Waals surface area contributed by atoms with Crippen molar-refractivity contribution in [3.8, 4) is 0 Å². The van der Waals surface area contributed by atoms with Crippen LogP contribution in [0.1, 0.15) is 24.6 Å². The molecule has 0 spiro atoms. The van der Waals surface area contributed by atoms with E-state index in [1.165, 1.54) is 0 Å². The van der Waals surface area contributed by atoms with Gasteiger partial charge in [0.25, 0.3) is 0 Å². The van der Waals surface area contributed by atoms with E-state index in [0.717, 1.165) is 13.0 Å². The summed E-state index contributed by atoms with van der Waals surface area (Å²) in [6.07, 6.45) is 3.15. The van der Waals surface area contributed by atoms with Gasteiger partial charge in [0.15, 0.2) is 0 Å². The fourth-order valence-electron chi connectivity index (χ4n) is 1.53. The highest BCUT2D eigenvalue weighted by atomic mass is 16.4. The topological polar surface area (TPSA) is 68.0 Å². The first kappa shape index (κ1) is 7.27. The standard InChI is InChI=1S/C7H9N3O2/c11-7(12)5-2-1-3-10-4-8-9-6(5)10/h4-5H,1-3H2,(H,11,12)/t5-/m0/s1. The lowest BCUT2D eigenvalue weighted by Crippen LogP contribution is -2.21. The van der Waals surface area contributed by atoms with Crippen molar-refractivity contribution < 1.29 is 9.90 Å². The number of fused-ring (bicyclic) bond motifs is 1. The summed E-state index contributed by atoms with van der Waals surface area (Å²) < 4.78 is 1.81. The number of aromatic nitrogens is 3. The molecule has 0 radical (unpaired) electrons. The van der Waals surface area contributed by atoms with Crippen molar-refractivity contribution in [1.29, 1.82) is 0 Å². The average molecular weight is 167 g/mol. The van der Waals surface area contributed by atoms with Crippen LogP contribution in [0.2, 0.25) is 0 Å². The second-order valence-corrected chi connectivity index (χ2v) is 2.92. The molecule has 0 aromatic carbocycles. The third-order valence-corrected chi connectivity index (χ3v) is 2.15. The van der Waals surface area contributed by atoms with Gasteiger partial charge < -0.3 is 9.67 Å². The fourth-order valence-corrected chi connectivity index (χ4v) is 1.53. The van der Waals surface area contributed by atoms with Crippen LogP contribution in [0.3, 0.4) is 0 Å². The summed E-state index contributed by atoms with van der Waals surface area (Å²) in [5, 5.41) is 16.3. The molecule has 1 aromatic heterocycles. The Labute approximate surface area is 69.0 Å². The van der Waals surface area contributed by atoms with Crippen LogP contribution in [0.15, 0.2) is 6.33 Å². The van der Waals surface area contributed by atoms with Gasteiger partial charge in [0.1, 0.15) is 18.1 Å². The van der Waals surface area contributed by atoms with Crippen molar-refractivity contribution in [2.75, 3.05) is 0 Å². The predicted molar refractivity (Wildman–Crippen MR) is 39.6 cm³/mol. The van der Waals surface area contributed by atoms with Crippen LogP contribution < -0.4 is 0 Å². The lowest BCUT2D eigenvalue weighted by atomic mass is 9.99. The molecule has 2 heterocycles. The Morgan fingerprint density at radius 2 is 2.58 bits per heavy atom. The molecule has 5 heteroatoms. The molecule has 1 aliphatic heterocycles. The summed E-state index contributed by atoms with van der Waals surface area (Å²) in [5.41, 5.74) is 0. The molecule has 5 nitrogen and oxygen atoms in total. The molecule has 1 aromatic rings. The van der Waals surface area contributed by atoms with Crippen LogP contribution >= 0.6 is 0 Å². The number of rotatable bonds is 1. The molecule has 0 unspecified atom stereocenters. The van der Waals surface area contributed by atoms with E-state index in [9.17, 15) is 4.79 Å². The second-order valence-electron chi connectivity index (χ2n) is 2.92. The van der Waals surface area contributed by atoms with Crippen molar-refractivity contribution >= 4 is 5.97 Å². The first-order valence-electron chi connectivity index (χ1n) is 3.89. The molecule has 0 amide bonds. The molecule has 1 aliphatic rings. The molecular formula is C7H9N3O2. The molecule has 0 saturated carbocycles. The predicted octanol–water partition coefficient (Wildman–Crippen LogP) is 0.240. The number of aliphatic carboxylic acids is 1. The molecule has 64 valence electrons. The van der Waals surface area contributed by atoms with Crippen LogP contribution in [0.25, 0.3) is 0 Å². The van der Waals surface area contributed by atoms with Crippen molar-refractivity contribution in [2.24, 2.45) is 0 Å². The first-order chi connectivity index (χ1) is 5.79. The van der Waals surface area contributed by atoms with E-state index in [2.05, 4.69) is 10.2 Å². The van der Waals surface area contributed by atoms with Crippen molar-refractivity contribution in [1.82, 2.24) is 14.8 Å². The van der Waals surface area contributed by atoms with Gasteiger partial charge in [-0.25, -0.2) is 0 Å². The van der Waals surface area contributed by atoms with Crippen LogP contribution in [0.4, 0.5) is 0 Å². The normalized spacial score (nSPS) is 21.8. The number of hydrogen-bond donors (Lipinski definition) is 1. The lowest BCUT2D eigenvalue weighted by Gasteiger charge is -2.18. The third-order valence-electron chi connectivity index (χ3n) is 2.15. The molecule has 12 heavy (non-hydrogen) atoms. The maximum absolute atomic E-state index is 10.7. The van der Waals surface area contributed by atoms with E-state index in [4.69, 9.17) is 5.11 Å². The Hall–Kier alpha value is -1.39. The second kappa shape index (κ2) is 2.58. The Kier molecular flexibility index (Phi) is 1.56. The Balaban J connectivity index is 2.37. The van der Waals surface area contributed by atoms with E-state index >= 15 is 0 Å². The Bertz CT molecular complexity index is 307. The van der Waals surface area contributed by atoms with Gasteiger partial charge in [0.05, 0.1) is 0 Å². The van der Waals surface area contributed by atoms with E-state index in [0.29, 0.717) is 12.2 Å². The average Bonchev–Trinajstić information content (AvgIpc) is 2.49. The van der Waals surface area contributed by atoms with Gasteiger partial charge in [0, 0.05) is 6.54 Å². The molecular weight excluding hydrogens is 158 g/mol. The highest BCUT2D eigenvalue weighted by molar-refractivity contribution is 5.74. The molecule has 0 saturated heterocycles. The number of nitrogens with zero attached hydrogens (tertiary/aromatic N) is 3. The van der Waals surface area contributed by atoms with E-state index in [1.807, 2.05) is 4.57 Å². The van der Waals surface area contributed by atoms with Gasteiger partial charge in [-0.1, -0.05) is 0 Å². The number of carboxylic acid groups (broad SMARTS) is 1. The molecule has 0 bridgehead atoms. The summed E-state index contributed by atoms with van der Waals surface area (Å²) in [5.74, 6) is -0.668. The Morgan fingerprint density at radius 3 is 3.33 bits per heavy atom. The quantitative estimate of drug-likeness (QED) is 0.650. The number of carboxylic acids is 1.